The predicted octanol–water partition coefficient (Wildman–Crippen LogP) is 3.79. The van der Waals surface area contributed by atoms with Gasteiger partial charge in [0.15, 0.2) is 0 Å². The van der Waals surface area contributed by atoms with Gasteiger partial charge in [0.2, 0.25) is 5.91 Å². The molecule has 2 aromatic carbocycles. The monoisotopic (exact) mass is 381 g/mol. The Balaban J connectivity index is 1.33. The van der Waals surface area contributed by atoms with Crippen LogP contribution in [0.2, 0.25) is 0 Å². The highest BCUT2D eigenvalue weighted by atomic mass is 19.1. The van der Waals surface area contributed by atoms with Crippen molar-refractivity contribution in [1.29, 1.82) is 0 Å². The topological polar surface area (TPSA) is 35.6 Å². The average Bonchev–Trinajstić information content (AvgIpc) is 2.69. The Labute approximate surface area is 166 Å². The van der Waals surface area contributed by atoms with E-state index >= 15 is 0 Å². The number of hydrogen-bond donors (Lipinski definition) is 1. The minimum Gasteiger partial charge on any atom is -0.326 e. The largest absolute Gasteiger partial charge is 0.326 e. The molecule has 0 saturated carbocycles. The molecule has 148 valence electrons. The van der Waals surface area contributed by atoms with Gasteiger partial charge in [-0.2, -0.15) is 0 Å². The second-order valence-electron chi connectivity index (χ2n) is 7.26. The van der Waals surface area contributed by atoms with Gasteiger partial charge < -0.3 is 10.2 Å². The summed E-state index contributed by atoms with van der Waals surface area (Å²) in [6, 6.07) is 14.4. The summed E-state index contributed by atoms with van der Waals surface area (Å²) in [7, 11) is 0. The molecule has 2 aromatic rings. The Bertz CT molecular complexity index is 796. The first kappa shape index (κ1) is 20.2. The van der Waals surface area contributed by atoms with Crippen molar-refractivity contribution >= 4 is 17.7 Å². The summed E-state index contributed by atoms with van der Waals surface area (Å²) in [6.45, 7) is 7.63. The fourth-order valence-electron chi connectivity index (χ4n) is 3.31. The highest BCUT2D eigenvalue weighted by molar-refractivity contribution is 5.90. The molecule has 1 saturated heterocycles. The molecule has 1 aliphatic rings. The maximum absolute atomic E-state index is 12.9. The van der Waals surface area contributed by atoms with Crippen molar-refractivity contribution in [3.05, 3.63) is 71.6 Å². The van der Waals surface area contributed by atoms with E-state index in [1.54, 1.807) is 12.1 Å². The summed E-state index contributed by atoms with van der Waals surface area (Å²) in [5.41, 5.74) is 3.02. The number of halogens is 1. The van der Waals surface area contributed by atoms with Gasteiger partial charge in [-0.15, -0.1) is 0 Å². The number of carbonyl (C=O) groups is 1. The molecule has 28 heavy (non-hydrogen) atoms. The first-order chi connectivity index (χ1) is 13.6. The Morgan fingerprint density at radius 2 is 1.79 bits per heavy atom. The number of anilines is 1. The smallest absolute Gasteiger partial charge is 0.225 e. The zero-order chi connectivity index (χ0) is 19.8. The Morgan fingerprint density at radius 3 is 2.50 bits per heavy atom. The Morgan fingerprint density at radius 1 is 1.07 bits per heavy atom. The maximum atomic E-state index is 12.9. The van der Waals surface area contributed by atoms with E-state index in [-0.39, 0.29) is 11.7 Å². The third-order valence-electron chi connectivity index (χ3n) is 4.97. The molecule has 5 heteroatoms. The lowest BCUT2D eigenvalue weighted by atomic mass is 10.2. The van der Waals surface area contributed by atoms with Crippen LogP contribution in [0.15, 0.2) is 54.6 Å². The highest BCUT2D eigenvalue weighted by Gasteiger charge is 2.16. The van der Waals surface area contributed by atoms with Crippen molar-refractivity contribution in [2.45, 2.75) is 13.3 Å². The molecule has 4 nitrogen and oxygen atoms in total. The molecule has 0 aliphatic carbocycles. The van der Waals surface area contributed by atoms with Crippen molar-refractivity contribution < 1.29 is 9.18 Å². The van der Waals surface area contributed by atoms with Crippen LogP contribution in [0, 0.1) is 12.7 Å². The number of aryl methyl sites for hydroxylation is 1. The third kappa shape index (κ3) is 6.59. The number of piperazine rings is 1. The van der Waals surface area contributed by atoms with Gasteiger partial charge in [-0.1, -0.05) is 36.4 Å². The van der Waals surface area contributed by atoms with E-state index in [2.05, 4.69) is 21.2 Å². The van der Waals surface area contributed by atoms with Crippen LogP contribution in [-0.2, 0) is 4.79 Å². The fraction of sp³-hybridized carbons (Fsp3) is 0.348. The highest BCUT2D eigenvalue weighted by Crippen LogP contribution is 2.10. The van der Waals surface area contributed by atoms with Crippen LogP contribution < -0.4 is 5.32 Å². The van der Waals surface area contributed by atoms with Gasteiger partial charge in [0.05, 0.1) is 0 Å². The second kappa shape index (κ2) is 10.2. The molecule has 0 bridgehead atoms. The standard InChI is InChI=1S/C23H28FN3O/c1-19-4-2-6-22(18-19)25-23(28)11-13-27-16-14-26(15-17-27)12-3-5-20-7-9-21(24)10-8-20/h2-10,18H,11-17H2,1H3,(H,25,28). The van der Waals surface area contributed by atoms with E-state index in [0.717, 1.165) is 56.1 Å². The van der Waals surface area contributed by atoms with Gasteiger partial charge in [-0.3, -0.25) is 9.69 Å². The fourth-order valence-corrected chi connectivity index (χ4v) is 3.31. The number of hydrogen-bond acceptors (Lipinski definition) is 3. The van der Waals surface area contributed by atoms with Crippen molar-refractivity contribution in [2.24, 2.45) is 0 Å². The molecule has 1 aliphatic heterocycles. The first-order valence-electron chi connectivity index (χ1n) is 9.82. The van der Waals surface area contributed by atoms with Crippen LogP contribution in [0.25, 0.3) is 6.08 Å². The summed E-state index contributed by atoms with van der Waals surface area (Å²) in [5.74, 6) is -0.143. The van der Waals surface area contributed by atoms with Gasteiger partial charge in [0.1, 0.15) is 5.82 Å². The van der Waals surface area contributed by atoms with Crippen LogP contribution >= 0.6 is 0 Å². The lowest BCUT2D eigenvalue weighted by Gasteiger charge is -2.34. The number of nitrogens with zero attached hydrogens (tertiary/aromatic N) is 2. The molecule has 3 rings (SSSR count). The summed E-state index contributed by atoms with van der Waals surface area (Å²) < 4.78 is 12.9. The van der Waals surface area contributed by atoms with Crippen molar-refractivity contribution in [3.8, 4) is 0 Å². The van der Waals surface area contributed by atoms with Gasteiger partial charge in [0, 0.05) is 51.4 Å². The predicted molar refractivity (Wildman–Crippen MR) is 113 cm³/mol. The van der Waals surface area contributed by atoms with Crippen molar-refractivity contribution in [2.75, 3.05) is 44.6 Å². The quantitative estimate of drug-likeness (QED) is 0.793. The molecule has 0 atom stereocenters. The molecular weight excluding hydrogens is 353 g/mol. The summed E-state index contributed by atoms with van der Waals surface area (Å²) in [5, 5.41) is 2.97. The normalized spacial score (nSPS) is 15.8. The van der Waals surface area contributed by atoms with E-state index in [9.17, 15) is 9.18 Å². The van der Waals surface area contributed by atoms with E-state index in [1.165, 1.54) is 12.1 Å². The molecule has 1 N–H and O–H groups in total. The number of rotatable bonds is 7. The molecule has 0 aromatic heterocycles. The lowest BCUT2D eigenvalue weighted by molar-refractivity contribution is -0.116. The first-order valence-corrected chi connectivity index (χ1v) is 9.82. The maximum Gasteiger partial charge on any atom is 0.225 e. The Kier molecular flexibility index (Phi) is 7.34. The molecule has 1 fully saturated rings. The molecule has 0 unspecified atom stereocenters. The minimum atomic E-state index is -0.208. The van der Waals surface area contributed by atoms with Gasteiger partial charge >= 0.3 is 0 Å². The SMILES string of the molecule is Cc1cccc(NC(=O)CCN2CCN(CC=Cc3ccc(F)cc3)CC2)c1. The van der Waals surface area contributed by atoms with E-state index in [1.807, 2.05) is 37.3 Å². The molecular formula is C23H28FN3O. The average molecular weight is 381 g/mol. The van der Waals surface area contributed by atoms with E-state index in [4.69, 9.17) is 0 Å². The number of carbonyl (C=O) groups excluding carboxylic acids is 1. The number of amides is 1. The van der Waals surface area contributed by atoms with Crippen molar-refractivity contribution in [1.82, 2.24) is 9.80 Å². The summed E-state index contributed by atoms with van der Waals surface area (Å²) >= 11 is 0. The second-order valence-corrected chi connectivity index (χ2v) is 7.26. The van der Waals surface area contributed by atoms with Gasteiger partial charge in [0.25, 0.3) is 0 Å². The van der Waals surface area contributed by atoms with E-state index in [0.29, 0.717) is 6.42 Å². The summed E-state index contributed by atoms with van der Waals surface area (Å²) in [6.07, 6.45) is 4.66. The molecule has 1 heterocycles. The third-order valence-corrected chi connectivity index (χ3v) is 4.97. The van der Waals surface area contributed by atoms with Crippen LogP contribution in [0.3, 0.4) is 0 Å². The zero-order valence-corrected chi connectivity index (χ0v) is 16.4. The number of benzene rings is 2. The minimum absolute atomic E-state index is 0.0651. The molecule has 0 radical (unpaired) electrons. The Hall–Kier alpha value is -2.50. The number of nitrogens with one attached hydrogen (secondary N) is 1. The van der Waals surface area contributed by atoms with Crippen LogP contribution in [0.4, 0.5) is 10.1 Å². The van der Waals surface area contributed by atoms with E-state index < -0.39 is 0 Å². The van der Waals surface area contributed by atoms with Gasteiger partial charge in [-0.25, -0.2) is 4.39 Å². The summed E-state index contributed by atoms with van der Waals surface area (Å²) in [4.78, 5) is 16.9. The van der Waals surface area contributed by atoms with Gasteiger partial charge in [-0.05, 0) is 42.3 Å². The zero-order valence-electron chi connectivity index (χ0n) is 16.4. The van der Waals surface area contributed by atoms with Crippen LogP contribution in [0.5, 0.6) is 0 Å². The lowest BCUT2D eigenvalue weighted by Crippen LogP contribution is -2.46. The molecule has 1 amide bonds. The molecule has 0 spiro atoms. The van der Waals surface area contributed by atoms with Crippen molar-refractivity contribution in [3.63, 3.8) is 0 Å². The van der Waals surface area contributed by atoms with Crippen LogP contribution in [0.1, 0.15) is 17.5 Å². The van der Waals surface area contributed by atoms with Crippen LogP contribution in [-0.4, -0.2) is 55.0 Å².